The van der Waals surface area contributed by atoms with Crippen LogP contribution in [0.25, 0.3) is 0 Å². The summed E-state index contributed by atoms with van der Waals surface area (Å²) in [6.07, 6.45) is 31.4. The van der Waals surface area contributed by atoms with E-state index in [1.807, 2.05) is 6.08 Å². The maximum atomic E-state index is 8.25. The molecule has 0 saturated heterocycles. The van der Waals surface area contributed by atoms with Crippen LogP contribution < -0.4 is 4.57 Å². The van der Waals surface area contributed by atoms with Gasteiger partial charge in [-0.2, -0.15) is 0 Å². The van der Waals surface area contributed by atoms with Gasteiger partial charge in [-0.15, -0.1) is 0 Å². The summed E-state index contributed by atoms with van der Waals surface area (Å²) in [6.45, 7) is 8.14. The van der Waals surface area contributed by atoms with Crippen LogP contribution in [0, 0.1) is 15.3 Å². The number of unbranched alkanes of at least 4 members (excludes halogenated alkanes) is 15. The van der Waals surface area contributed by atoms with E-state index in [4.69, 9.17) is 15.3 Å². The highest BCUT2D eigenvalue weighted by molar-refractivity contribution is 4.73. The minimum absolute atomic E-state index is 0.909. The second-order valence-electron chi connectivity index (χ2n) is 8.16. The minimum atomic E-state index is -1.75. The predicted molar refractivity (Wildman–Crippen MR) is 125 cm³/mol. The van der Waals surface area contributed by atoms with Crippen molar-refractivity contribution in [1.29, 1.82) is 0 Å². The van der Waals surface area contributed by atoms with Gasteiger partial charge in [0, 0.05) is 0 Å². The molecule has 6 heteroatoms. The van der Waals surface area contributed by atoms with Gasteiger partial charge in [0.05, 0.1) is 11.6 Å². The molecule has 0 aromatic carbocycles. The quantitative estimate of drug-likeness (QED) is 0.0791. The normalized spacial score (nSPS) is 10.4. The summed E-state index contributed by atoms with van der Waals surface area (Å²) >= 11 is 0. The lowest BCUT2D eigenvalue weighted by Crippen LogP contribution is -2.30. The van der Waals surface area contributed by atoms with E-state index in [-0.39, 0.29) is 0 Å². The molecule has 0 aliphatic rings. The molecule has 0 atom stereocenters. The predicted octanol–water partition coefficient (Wildman–Crippen LogP) is 6.98. The van der Waals surface area contributed by atoms with Crippen molar-refractivity contribution in [3.8, 4) is 0 Å². The van der Waals surface area contributed by atoms with Crippen LogP contribution >= 0.6 is 0 Å². The standard InChI is InChI=1S/C24H45N2.NO3/c1-3-5-6-7-8-9-10-11-12-13-14-15-16-17-18-19-21-26-23-22-25(24-26)20-4-2;2-1(3)4/h4,22-24H,2-3,5-21H2,1H3;/q+1;-1. The Morgan fingerprint density at radius 2 is 1.23 bits per heavy atom. The summed E-state index contributed by atoms with van der Waals surface area (Å²) in [5.41, 5.74) is 0. The van der Waals surface area contributed by atoms with Crippen LogP contribution in [0.4, 0.5) is 0 Å². The molecule has 0 radical (unpaired) electrons. The first-order chi connectivity index (χ1) is 14.6. The van der Waals surface area contributed by atoms with Gasteiger partial charge in [0.1, 0.15) is 18.9 Å². The lowest BCUT2D eigenvalue weighted by molar-refractivity contribution is -0.696. The molecule has 174 valence electrons. The van der Waals surface area contributed by atoms with Crippen molar-refractivity contribution in [3.05, 3.63) is 46.7 Å². The zero-order chi connectivity index (χ0) is 22.3. The number of imidazole rings is 1. The molecule has 30 heavy (non-hydrogen) atoms. The topological polar surface area (TPSA) is 75.0 Å². The molecular weight excluding hydrogens is 378 g/mol. The van der Waals surface area contributed by atoms with Crippen LogP contribution in [-0.2, 0) is 13.1 Å². The van der Waals surface area contributed by atoms with Gasteiger partial charge in [-0.25, -0.2) is 9.13 Å². The molecule has 1 rings (SSSR count). The van der Waals surface area contributed by atoms with Gasteiger partial charge in [-0.1, -0.05) is 109 Å². The summed E-state index contributed by atoms with van der Waals surface area (Å²) in [6, 6.07) is 0. The Morgan fingerprint density at radius 1 is 0.833 bits per heavy atom. The van der Waals surface area contributed by atoms with Crippen LogP contribution in [0.2, 0.25) is 0 Å². The van der Waals surface area contributed by atoms with Crippen LogP contribution in [0.15, 0.2) is 31.4 Å². The van der Waals surface area contributed by atoms with Gasteiger partial charge in [0.15, 0.2) is 0 Å². The molecule has 0 spiro atoms. The molecule has 0 bridgehead atoms. The fourth-order valence-electron chi connectivity index (χ4n) is 3.67. The highest BCUT2D eigenvalue weighted by Gasteiger charge is 2.01. The van der Waals surface area contributed by atoms with E-state index < -0.39 is 5.09 Å². The van der Waals surface area contributed by atoms with E-state index >= 15 is 0 Å². The second-order valence-corrected chi connectivity index (χ2v) is 8.16. The third-order valence-corrected chi connectivity index (χ3v) is 5.36. The van der Waals surface area contributed by atoms with Crippen molar-refractivity contribution in [2.75, 3.05) is 0 Å². The number of hydrogen-bond donors (Lipinski definition) is 0. The third kappa shape index (κ3) is 20.9. The van der Waals surface area contributed by atoms with Crippen LogP contribution in [0.1, 0.15) is 110 Å². The fourth-order valence-corrected chi connectivity index (χ4v) is 3.67. The number of aryl methyl sites for hydroxylation is 1. The highest BCUT2D eigenvalue weighted by Crippen LogP contribution is 2.13. The van der Waals surface area contributed by atoms with Gasteiger partial charge in [0.25, 0.3) is 0 Å². The molecule has 0 fully saturated rings. The first-order valence-corrected chi connectivity index (χ1v) is 12.1. The van der Waals surface area contributed by atoms with Gasteiger partial charge in [-0.3, -0.25) is 0 Å². The van der Waals surface area contributed by atoms with Crippen molar-refractivity contribution in [1.82, 2.24) is 4.57 Å². The van der Waals surface area contributed by atoms with E-state index in [9.17, 15) is 0 Å². The van der Waals surface area contributed by atoms with Crippen LogP contribution in [-0.4, -0.2) is 9.65 Å². The Kier molecular flexibility index (Phi) is 20.5. The highest BCUT2D eigenvalue weighted by atomic mass is 16.9. The van der Waals surface area contributed by atoms with E-state index in [1.165, 1.54) is 103 Å². The molecule has 1 heterocycles. The lowest BCUT2D eigenvalue weighted by Gasteiger charge is -2.03. The zero-order valence-corrected chi connectivity index (χ0v) is 19.3. The molecule has 0 aliphatic heterocycles. The zero-order valence-electron chi connectivity index (χ0n) is 19.3. The van der Waals surface area contributed by atoms with E-state index in [0.29, 0.717) is 0 Å². The summed E-state index contributed by atoms with van der Waals surface area (Å²) in [5.74, 6) is 0. The molecule has 6 nitrogen and oxygen atoms in total. The SMILES string of the molecule is C=CCn1cc[n+](CCCCCCCCCCCCCCCCCC)c1.O=[N+]([O-])[O-]. The van der Waals surface area contributed by atoms with E-state index in [0.717, 1.165) is 13.1 Å². The largest absolute Gasteiger partial charge is 0.356 e. The number of nitrogens with zero attached hydrogens (tertiary/aromatic N) is 3. The second kappa shape index (κ2) is 21.8. The molecule has 0 unspecified atom stereocenters. The maximum absolute atomic E-state index is 8.25. The minimum Gasteiger partial charge on any atom is -0.356 e. The lowest BCUT2D eigenvalue weighted by atomic mass is 10.0. The Labute approximate surface area is 184 Å². The van der Waals surface area contributed by atoms with Crippen molar-refractivity contribution < 1.29 is 9.65 Å². The molecule has 0 amide bonds. The first kappa shape index (κ1) is 28.1. The van der Waals surface area contributed by atoms with E-state index in [2.05, 4.69) is 41.4 Å². The van der Waals surface area contributed by atoms with Gasteiger partial charge in [-0.05, 0) is 12.8 Å². The molecule has 1 aromatic rings. The van der Waals surface area contributed by atoms with Crippen molar-refractivity contribution in [2.24, 2.45) is 0 Å². The summed E-state index contributed by atoms with van der Waals surface area (Å²) < 4.78 is 4.48. The van der Waals surface area contributed by atoms with Gasteiger partial charge < -0.3 is 15.3 Å². The number of allylic oxidation sites excluding steroid dienone is 1. The van der Waals surface area contributed by atoms with Crippen LogP contribution in [0.3, 0.4) is 0 Å². The molecule has 0 N–H and O–H groups in total. The van der Waals surface area contributed by atoms with Crippen LogP contribution in [0.5, 0.6) is 0 Å². The summed E-state index contributed by atoms with van der Waals surface area (Å²) in [4.78, 5) is 8.25. The Hall–Kier alpha value is -1.85. The van der Waals surface area contributed by atoms with Gasteiger partial charge in [0.2, 0.25) is 6.33 Å². The molecule has 0 aliphatic carbocycles. The van der Waals surface area contributed by atoms with Gasteiger partial charge >= 0.3 is 0 Å². The molecule has 1 aromatic heterocycles. The smallest absolute Gasteiger partial charge is 0.244 e. The average molecular weight is 424 g/mol. The monoisotopic (exact) mass is 423 g/mol. The Morgan fingerprint density at radius 3 is 1.63 bits per heavy atom. The summed E-state index contributed by atoms with van der Waals surface area (Å²) in [7, 11) is 0. The molecule has 0 saturated carbocycles. The summed E-state index contributed by atoms with van der Waals surface area (Å²) in [5, 5.41) is 14.8. The number of aromatic nitrogens is 2. The maximum Gasteiger partial charge on any atom is 0.244 e. The van der Waals surface area contributed by atoms with Crippen molar-refractivity contribution in [3.63, 3.8) is 0 Å². The van der Waals surface area contributed by atoms with E-state index in [1.54, 1.807) is 0 Å². The first-order valence-electron chi connectivity index (χ1n) is 12.1. The van der Waals surface area contributed by atoms with Crippen molar-refractivity contribution in [2.45, 2.75) is 123 Å². The average Bonchev–Trinajstić information content (AvgIpc) is 3.15. The fraction of sp³-hybridized carbons (Fsp3) is 0.792. The van der Waals surface area contributed by atoms with Crippen molar-refractivity contribution >= 4 is 0 Å². The number of rotatable bonds is 19. The Balaban J connectivity index is 0.00000192. The number of hydrogen-bond acceptors (Lipinski definition) is 3. The Bertz CT molecular complexity index is 514. The molecular formula is C24H45N3O3. The third-order valence-electron chi connectivity index (χ3n) is 5.36.